The first kappa shape index (κ1) is 20.6. The number of halogens is 2. The predicted octanol–water partition coefficient (Wildman–Crippen LogP) is 3.35. The molecule has 0 unspecified atom stereocenters. The summed E-state index contributed by atoms with van der Waals surface area (Å²) in [5.74, 6) is 0.526. The van der Waals surface area contributed by atoms with Crippen LogP contribution in [0, 0.1) is 0 Å². The first-order valence-corrected chi connectivity index (χ1v) is 9.64. The van der Waals surface area contributed by atoms with Crippen LogP contribution in [-0.2, 0) is 16.1 Å². The fourth-order valence-corrected chi connectivity index (χ4v) is 3.12. The highest BCUT2D eigenvalue weighted by molar-refractivity contribution is 6.35. The zero-order valence-electron chi connectivity index (χ0n) is 15.2. The van der Waals surface area contributed by atoms with Gasteiger partial charge in [0.2, 0.25) is 0 Å². The molecular weight excluding hydrogens is 401 g/mol. The van der Waals surface area contributed by atoms with Crippen molar-refractivity contribution >= 4 is 35.3 Å². The van der Waals surface area contributed by atoms with Crippen molar-refractivity contribution in [1.82, 2.24) is 10.3 Å². The van der Waals surface area contributed by atoms with Gasteiger partial charge in [-0.1, -0.05) is 41.4 Å². The maximum Gasteiger partial charge on any atom is 0.254 e. The average molecular weight is 422 g/mol. The molecule has 1 heterocycles. The minimum atomic E-state index is -0.150. The molecule has 0 saturated carbocycles. The van der Waals surface area contributed by atoms with E-state index < -0.39 is 0 Å². The number of carbonyl (C=O) groups is 1. The van der Waals surface area contributed by atoms with Gasteiger partial charge in [-0.3, -0.25) is 9.69 Å². The molecule has 0 atom stereocenters. The lowest BCUT2D eigenvalue weighted by Crippen LogP contribution is -2.42. The lowest BCUT2D eigenvalue weighted by Gasteiger charge is -2.25. The Hall–Kier alpha value is -2.12. The highest BCUT2D eigenvalue weighted by Gasteiger charge is 2.13. The molecule has 0 aliphatic carbocycles. The number of hydrogen-bond acceptors (Lipinski definition) is 5. The van der Waals surface area contributed by atoms with E-state index in [1.54, 1.807) is 18.3 Å². The first-order chi connectivity index (χ1) is 13.6. The summed E-state index contributed by atoms with van der Waals surface area (Å²) in [5.41, 5.74) is 4.20. The van der Waals surface area contributed by atoms with Crippen molar-refractivity contribution in [1.29, 1.82) is 0 Å². The van der Waals surface area contributed by atoms with E-state index >= 15 is 0 Å². The van der Waals surface area contributed by atoms with Crippen molar-refractivity contribution in [3.8, 4) is 5.75 Å². The number of benzene rings is 2. The molecule has 1 saturated heterocycles. The summed E-state index contributed by atoms with van der Waals surface area (Å²) >= 11 is 12.1. The first-order valence-electron chi connectivity index (χ1n) is 8.89. The van der Waals surface area contributed by atoms with E-state index in [9.17, 15) is 4.79 Å². The third-order valence-corrected chi connectivity index (χ3v) is 4.73. The van der Waals surface area contributed by atoms with Gasteiger partial charge in [0.15, 0.2) is 0 Å². The SMILES string of the molecule is O=C(CN1CCOCC1)N/N=C\c1cccc(OCc2ccc(Cl)cc2Cl)c1. The second-order valence-corrected chi connectivity index (χ2v) is 7.12. The highest BCUT2D eigenvalue weighted by atomic mass is 35.5. The number of morpholine rings is 1. The lowest BCUT2D eigenvalue weighted by atomic mass is 10.2. The number of carbonyl (C=O) groups excluding carboxylic acids is 1. The van der Waals surface area contributed by atoms with Gasteiger partial charge in [0.05, 0.1) is 26.0 Å². The Kier molecular flexibility index (Phi) is 7.68. The minimum absolute atomic E-state index is 0.150. The van der Waals surface area contributed by atoms with Crippen LogP contribution in [0.25, 0.3) is 0 Å². The van der Waals surface area contributed by atoms with E-state index in [1.165, 1.54) is 0 Å². The number of hydrazone groups is 1. The van der Waals surface area contributed by atoms with Gasteiger partial charge in [-0.05, 0) is 29.8 Å². The maximum atomic E-state index is 11.9. The third kappa shape index (κ3) is 6.49. The van der Waals surface area contributed by atoms with E-state index in [0.717, 1.165) is 24.2 Å². The van der Waals surface area contributed by atoms with Crippen LogP contribution < -0.4 is 10.2 Å². The largest absolute Gasteiger partial charge is 0.489 e. The molecule has 1 aliphatic rings. The van der Waals surface area contributed by atoms with Gasteiger partial charge in [0.25, 0.3) is 5.91 Å². The Balaban J connectivity index is 1.49. The summed E-state index contributed by atoms with van der Waals surface area (Å²) in [6.45, 7) is 3.47. The molecule has 0 radical (unpaired) electrons. The standard InChI is InChI=1S/C20H21Cl2N3O3/c21-17-5-4-16(19(22)11-17)14-28-18-3-1-2-15(10-18)12-23-24-20(26)13-25-6-8-27-9-7-25/h1-5,10-12H,6-9,13-14H2,(H,24,26)/b23-12-. The van der Waals surface area contributed by atoms with Crippen LogP contribution in [0.4, 0.5) is 0 Å². The molecule has 3 rings (SSSR count). The quantitative estimate of drug-likeness (QED) is 0.549. The number of hydrogen-bond donors (Lipinski definition) is 1. The predicted molar refractivity (Wildman–Crippen MR) is 110 cm³/mol. The van der Waals surface area contributed by atoms with Crippen LogP contribution in [-0.4, -0.2) is 49.9 Å². The van der Waals surface area contributed by atoms with E-state index in [-0.39, 0.29) is 5.91 Å². The lowest BCUT2D eigenvalue weighted by molar-refractivity contribution is -0.123. The normalized spacial score (nSPS) is 14.9. The van der Waals surface area contributed by atoms with Crippen molar-refractivity contribution < 1.29 is 14.3 Å². The fraction of sp³-hybridized carbons (Fsp3) is 0.300. The summed E-state index contributed by atoms with van der Waals surface area (Å²) < 4.78 is 11.0. The van der Waals surface area contributed by atoms with Gasteiger partial charge in [0, 0.05) is 28.7 Å². The number of nitrogens with zero attached hydrogens (tertiary/aromatic N) is 2. The number of amides is 1. The molecular formula is C20H21Cl2N3O3. The van der Waals surface area contributed by atoms with Gasteiger partial charge in [0.1, 0.15) is 12.4 Å². The Morgan fingerprint density at radius 2 is 2.04 bits per heavy atom. The molecule has 6 nitrogen and oxygen atoms in total. The number of rotatable bonds is 7. The molecule has 0 spiro atoms. The summed E-state index contributed by atoms with van der Waals surface area (Å²) in [5, 5.41) is 5.17. The topological polar surface area (TPSA) is 63.2 Å². The zero-order valence-corrected chi connectivity index (χ0v) is 16.7. The number of nitrogens with one attached hydrogen (secondary N) is 1. The Morgan fingerprint density at radius 1 is 1.21 bits per heavy atom. The van der Waals surface area contributed by atoms with Crippen LogP contribution >= 0.6 is 23.2 Å². The molecule has 1 aliphatic heterocycles. The van der Waals surface area contributed by atoms with E-state index in [0.29, 0.717) is 42.2 Å². The van der Waals surface area contributed by atoms with Gasteiger partial charge >= 0.3 is 0 Å². The Labute approximate surface area is 174 Å². The molecule has 0 aromatic heterocycles. The molecule has 2 aromatic rings. The maximum absolute atomic E-state index is 11.9. The molecule has 1 amide bonds. The van der Waals surface area contributed by atoms with Gasteiger partial charge in [-0.25, -0.2) is 5.43 Å². The van der Waals surface area contributed by atoms with Crippen molar-refractivity contribution in [2.45, 2.75) is 6.61 Å². The van der Waals surface area contributed by atoms with Crippen molar-refractivity contribution in [2.24, 2.45) is 5.10 Å². The van der Waals surface area contributed by atoms with Gasteiger partial charge < -0.3 is 9.47 Å². The molecule has 8 heteroatoms. The molecule has 28 heavy (non-hydrogen) atoms. The van der Waals surface area contributed by atoms with Crippen molar-refractivity contribution in [3.63, 3.8) is 0 Å². The van der Waals surface area contributed by atoms with Crippen molar-refractivity contribution in [3.05, 3.63) is 63.6 Å². The zero-order chi connectivity index (χ0) is 19.8. The van der Waals surface area contributed by atoms with Crippen LogP contribution in [0.15, 0.2) is 47.6 Å². The summed E-state index contributed by atoms with van der Waals surface area (Å²) in [6, 6.07) is 12.7. The minimum Gasteiger partial charge on any atom is -0.489 e. The van der Waals surface area contributed by atoms with Crippen LogP contribution in [0.5, 0.6) is 5.75 Å². The van der Waals surface area contributed by atoms with Gasteiger partial charge in [-0.15, -0.1) is 0 Å². The second-order valence-electron chi connectivity index (χ2n) is 6.28. The average Bonchev–Trinajstić information content (AvgIpc) is 2.68. The van der Waals surface area contributed by atoms with Crippen LogP contribution in [0.1, 0.15) is 11.1 Å². The smallest absolute Gasteiger partial charge is 0.254 e. The van der Waals surface area contributed by atoms with Crippen LogP contribution in [0.2, 0.25) is 10.0 Å². The summed E-state index contributed by atoms with van der Waals surface area (Å²) in [4.78, 5) is 14.0. The molecule has 1 fully saturated rings. The monoisotopic (exact) mass is 421 g/mol. The number of ether oxygens (including phenoxy) is 2. The third-order valence-electron chi connectivity index (χ3n) is 4.14. The molecule has 0 bridgehead atoms. The summed E-state index contributed by atoms with van der Waals surface area (Å²) in [6.07, 6.45) is 1.58. The van der Waals surface area contributed by atoms with E-state index in [4.69, 9.17) is 32.7 Å². The Morgan fingerprint density at radius 3 is 2.82 bits per heavy atom. The van der Waals surface area contributed by atoms with Crippen LogP contribution in [0.3, 0.4) is 0 Å². The van der Waals surface area contributed by atoms with E-state index in [1.807, 2.05) is 35.2 Å². The summed E-state index contributed by atoms with van der Waals surface area (Å²) in [7, 11) is 0. The van der Waals surface area contributed by atoms with Gasteiger partial charge in [-0.2, -0.15) is 5.10 Å². The molecule has 2 aromatic carbocycles. The Bertz CT molecular complexity index is 839. The van der Waals surface area contributed by atoms with Crippen molar-refractivity contribution in [2.75, 3.05) is 32.8 Å². The molecule has 1 N–H and O–H groups in total. The molecule has 148 valence electrons. The van der Waals surface area contributed by atoms with E-state index in [2.05, 4.69) is 10.5 Å². The fourth-order valence-electron chi connectivity index (χ4n) is 2.66. The second kappa shape index (κ2) is 10.4. The highest BCUT2D eigenvalue weighted by Crippen LogP contribution is 2.23.